The van der Waals surface area contributed by atoms with Gasteiger partial charge in [-0.15, -0.1) is 0 Å². The van der Waals surface area contributed by atoms with Crippen LogP contribution in [0.4, 0.5) is 0 Å². The summed E-state index contributed by atoms with van der Waals surface area (Å²) in [6.45, 7) is 6.64. The molecule has 0 bridgehead atoms. The molecule has 4 heteroatoms. The van der Waals surface area contributed by atoms with Gasteiger partial charge < -0.3 is 19.9 Å². The summed E-state index contributed by atoms with van der Waals surface area (Å²) in [6, 6.07) is 16.3. The molecular formula is C22H27NO3. The van der Waals surface area contributed by atoms with Crippen LogP contribution >= 0.6 is 0 Å². The van der Waals surface area contributed by atoms with Crippen LogP contribution in [0.1, 0.15) is 37.5 Å². The van der Waals surface area contributed by atoms with Crippen LogP contribution in [0.5, 0.6) is 5.75 Å². The molecule has 0 aliphatic carbocycles. The Labute approximate surface area is 155 Å². The second-order valence-electron chi connectivity index (χ2n) is 7.17. The van der Waals surface area contributed by atoms with E-state index in [0.29, 0.717) is 12.5 Å². The van der Waals surface area contributed by atoms with Gasteiger partial charge in [0.05, 0.1) is 5.56 Å². The summed E-state index contributed by atoms with van der Waals surface area (Å²) >= 11 is 0. The smallest absolute Gasteiger partial charge is 0.277 e. The zero-order valence-corrected chi connectivity index (χ0v) is 15.6. The monoisotopic (exact) mass is 353 g/mol. The third kappa shape index (κ3) is 4.20. The fraction of sp³-hybridized carbons (Fsp3) is 0.364. The Kier molecular flexibility index (Phi) is 5.52. The second-order valence-corrected chi connectivity index (χ2v) is 7.17. The summed E-state index contributed by atoms with van der Waals surface area (Å²) < 4.78 is 17.5. The molecule has 1 aliphatic rings. The van der Waals surface area contributed by atoms with Crippen molar-refractivity contribution in [1.29, 1.82) is 0 Å². The third-order valence-corrected chi connectivity index (χ3v) is 4.74. The maximum atomic E-state index is 6.25. The molecule has 0 fully saturated rings. The summed E-state index contributed by atoms with van der Waals surface area (Å²) in [5.74, 6) is 0.310. The highest BCUT2D eigenvalue weighted by Gasteiger charge is 2.35. The molecule has 0 aromatic heterocycles. The summed E-state index contributed by atoms with van der Waals surface area (Å²) in [7, 11) is 0. The van der Waals surface area contributed by atoms with Gasteiger partial charge in [0, 0.05) is 13.0 Å². The Morgan fingerprint density at radius 3 is 2.35 bits per heavy atom. The number of hydrogen-bond acceptors (Lipinski definition) is 4. The zero-order valence-electron chi connectivity index (χ0n) is 15.6. The molecule has 0 spiro atoms. The van der Waals surface area contributed by atoms with Crippen molar-refractivity contribution in [2.24, 2.45) is 11.7 Å². The lowest BCUT2D eigenvalue weighted by molar-refractivity contribution is -0.134. The van der Waals surface area contributed by atoms with E-state index < -0.39 is 5.79 Å². The lowest BCUT2D eigenvalue weighted by atomic mass is 9.95. The molecule has 2 aromatic carbocycles. The van der Waals surface area contributed by atoms with E-state index in [2.05, 4.69) is 26.0 Å². The summed E-state index contributed by atoms with van der Waals surface area (Å²) in [6.07, 6.45) is 3.92. The SMILES string of the molecule is CC(C)C(N)Cc1ccc(C2(C)OC=CO2)c(OCc2ccccc2)c1. The minimum absolute atomic E-state index is 0.110. The van der Waals surface area contributed by atoms with Crippen LogP contribution in [0, 0.1) is 5.92 Å². The number of hydrogen-bond donors (Lipinski definition) is 1. The molecular weight excluding hydrogens is 326 g/mol. The first-order chi connectivity index (χ1) is 12.5. The Balaban J connectivity index is 1.86. The lowest BCUT2D eigenvalue weighted by Crippen LogP contribution is -2.29. The summed E-state index contributed by atoms with van der Waals surface area (Å²) in [5, 5.41) is 0. The van der Waals surface area contributed by atoms with Crippen molar-refractivity contribution in [2.75, 3.05) is 0 Å². The highest BCUT2D eigenvalue weighted by Crippen LogP contribution is 2.38. The van der Waals surface area contributed by atoms with E-state index in [4.69, 9.17) is 19.9 Å². The largest absolute Gasteiger partial charge is 0.488 e. The predicted molar refractivity (Wildman–Crippen MR) is 102 cm³/mol. The van der Waals surface area contributed by atoms with Crippen LogP contribution in [0.15, 0.2) is 61.1 Å². The second kappa shape index (κ2) is 7.83. The molecule has 0 saturated carbocycles. The van der Waals surface area contributed by atoms with Crippen molar-refractivity contribution < 1.29 is 14.2 Å². The van der Waals surface area contributed by atoms with E-state index in [0.717, 1.165) is 28.9 Å². The lowest BCUT2D eigenvalue weighted by Gasteiger charge is -2.26. The van der Waals surface area contributed by atoms with Crippen LogP contribution in [0.3, 0.4) is 0 Å². The predicted octanol–water partition coefficient (Wildman–Crippen LogP) is 4.48. The van der Waals surface area contributed by atoms with Gasteiger partial charge in [0.25, 0.3) is 5.79 Å². The van der Waals surface area contributed by atoms with E-state index in [1.807, 2.05) is 43.3 Å². The molecule has 3 rings (SSSR count). The summed E-state index contributed by atoms with van der Waals surface area (Å²) in [5.41, 5.74) is 9.37. The highest BCUT2D eigenvalue weighted by atomic mass is 16.7. The topological polar surface area (TPSA) is 53.7 Å². The van der Waals surface area contributed by atoms with E-state index in [9.17, 15) is 0 Å². The Morgan fingerprint density at radius 1 is 1.00 bits per heavy atom. The average Bonchev–Trinajstić information content (AvgIpc) is 3.08. The number of rotatable bonds is 7. The Hall–Kier alpha value is -2.46. The minimum atomic E-state index is -0.870. The molecule has 4 nitrogen and oxygen atoms in total. The maximum absolute atomic E-state index is 6.25. The van der Waals surface area contributed by atoms with Gasteiger partial charge in [-0.25, -0.2) is 0 Å². The normalized spacial score (nSPS) is 16.2. The molecule has 1 unspecified atom stereocenters. The van der Waals surface area contributed by atoms with Crippen LogP contribution in [0.2, 0.25) is 0 Å². The number of ether oxygens (including phenoxy) is 3. The quantitative estimate of drug-likeness (QED) is 0.797. The van der Waals surface area contributed by atoms with Gasteiger partial charge >= 0.3 is 0 Å². The molecule has 1 aliphatic heterocycles. The van der Waals surface area contributed by atoms with Gasteiger partial charge in [0.15, 0.2) is 0 Å². The fourth-order valence-corrected chi connectivity index (χ4v) is 2.90. The van der Waals surface area contributed by atoms with Crippen molar-refractivity contribution in [1.82, 2.24) is 0 Å². The van der Waals surface area contributed by atoms with Crippen LogP contribution in [-0.2, 0) is 28.3 Å². The van der Waals surface area contributed by atoms with Crippen LogP contribution in [-0.4, -0.2) is 6.04 Å². The van der Waals surface area contributed by atoms with E-state index >= 15 is 0 Å². The van der Waals surface area contributed by atoms with Crippen LogP contribution in [0.25, 0.3) is 0 Å². The van der Waals surface area contributed by atoms with Crippen molar-refractivity contribution in [3.63, 3.8) is 0 Å². The zero-order chi connectivity index (χ0) is 18.6. The van der Waals surface area contributed by atoms with Crippen molar-refractivity contribution >= 4 is 0 Å². The van der Waals surface area contributed by atoms with Gasteiger partial charge in [0.1, 0.15) is 24.9 Å². The number of nitrogens with two attached hydrogens (primary N) is 1. The Morgan fingerprint density at radius 2 is 1.69 bits per heavy atom. The van der Waals surface area contributed by atoms with E-state index in [-0.39, 0.29) is 6.04 Å². The van der Waals surface area contributed by atoms with Gasteiger partial charge in [-0.1, -0.05) is 50.2 Å². The summed E-state index contributed by atoms with van der Waals surface area (Å²) in [4.78, 5) is 0. The van der Waals surface area contributed by atoms with Crippen molar-refractivity contribution in [3.8, 4) is 5.75 Å². The maximum Gasteiger partial charge on any atom is 0.277 e. The first-order valence-electron chi connectivity index (χ1n) is 9.04. The minimum Gasteiger partial charge on any atom is -0.488 e. The Bertz CT molecular complexity index is 747. The van der Waals surface area contributed by atoms with Gasteiger partial charge in [0.2, 0.25) is 0 Å². The van der Waals surface area contributed by atoms with Gasteiger partial charge in [-0.2, -0.15) is 0 Å². The molecule has 0 saturated heterocycles. The van der Waals surface area contributed by atoms with Crippen molar-refractivity contribution in [2.45, 2.75) is 45.6 Å². The molecule has 0 amide bonds. The third-order valence-electron chi connectivity index (χ3n) is 4.74. The van der Waals surface area contributed by atoms with Gasteiger partial charge in [-0.3, -0.25) is 0 Å². The molecule has 2 N–H and O–H groups in total. The molecule has 0 radical (unpaired) electrons. The molecule has 1 heterocycles. The van der Waals surface area contributed by atoms with E-state index in [1.165, 1.54) is 0 Å². The first-order valence-corrected chi connectivity index (χ1v) is 9.04. The molecule has 2 aromatic rings. The van der Waals surface area contributed by atoms with Crippen molar-refractivity contribution in [3.05, 3.63) is 77.7 Å². The number of benzene rings is 2. The standard InChI is InChI=1S/C22H27NO3/c1-16(2)20(23)13-18-9-10-19(22(3)25-11-12-26-22)21(14-18)24-15-17-7-5-4-6-8-17/h4-12,14,16,20H,13,15,23H2,1-3H3. The first kappa shape index (κ1) is 18.3. The molecule has 138 valence electrons. The highest BCUT2D eigenvalue weighted by molar-refractivity contribution is 5.41. The fourth-order valence-electron chi connectivity index (χ4n) is 2.90. The molecule has 26 heavy (non-hydrogen) atoms. The van der Waals surface area contributed by atoms with Crippen LogP contribution < -0.4 is 10.5 Å². The van der Waals surface area contributed by atoms with Gasteiger partial charge in [-0.05, 0) is 35.6 Å². The molecule has 1 atom stereocenters. The van der Waals surface area contributed by atoms with E-state index in [1.54, 1.807) is 12.5 Å². The average molecular weight is 353 g/mol.